The van der Waals surface area contributed by atoms with Gasteiger partial charge in [-0.15, -0.1) is 0 Å². The number of nitrogens with two attached hydrogens (primary N) is 1. The summed E-state index contributed by atoms with van der Waals surface area (Å²) >= 11 is 0. The first kappa shape index (κ1) is 14.5. The van der Waals surface area contributed by atoms with Gasteiger partial charge < -0.3 is 5.73 Å². The fraction of sp³-hybridized carbons (Fsp3) is 0.625. The molecule has 1 unspecified atom stereocenters. The third-order valence-electron chi connectivity index (χ3n) is 4.15. The van der Waals surface area contributed by atoms with Crippen LogP contribution in [0.1, 0.15) is 36.9 Å². The molecule has 1 aliphatic rings. The molecule has 3 nitrogen and oxygen atoms in total. The highest BCUT2D eigenvalue weighted by molar-refractivity contribution is 5.33. The molecule has 1 aromatic rings. The summed E-state index contributed by atoms with van der Waals surface area (Å²) in [6, 6.07) is 9.38. The van der Waals surface area contributed by atoms with E-state index in [2.05, 4.69) is 55.0 Å². The van der Waals surface area contributed by atoms with Crippen molar-refractivity contribution in [2.24, 2.45) is 5.73 Å². The zero-order chi connectivity index (χ0) is 13.8. The molecule has 0 spiro atoms. The second-order valence-electron chi connectivity index (χ2n) is 5.87. The Balaban J connectivity index is 2.23. The van der Waals surface area contributed by atoms with Crippen LogP contribution in [0, 0.1) is 0 Å². The molecule has 2 rings (SSSR count). The molecule has 3 heteroatoms. The van der Waals surface area contributed by atoms with Crippen LogP contribution in [-0.4, -0.2) is 49.6 Å². The average Bonchev–Trinajstić information content (AvgIpc) is 2.41. The first-order valence-electron chi connectivity index (χ1n) is 7.35. The number of nitrogens with zero attached hydrogens (tertiary/aromatic N) is 2. The molecule has 1 saturated heterocycles. The molecule has 0 aliphatic carbocycles. The van der Waals surface area contributed by atoms with Crippen LogP contribution in [0.25, 0.3) is 0 Å². The van der Waals surface area contributed by atoms with Gasteiger partial charge in [0, 0.05) is 38.8 Å². The number of rotatable bonds is 4. The van der Waals surface area contributed by atoms with Crippen molar-refractivity contribution in [3.63, 3.8) is 0 Å². The summed E-state index contributed by atoms with van der Waals surface area (Å²) in [5.41, 5.74) is 8.67. The Bertz CT molecular complexity index is 403. The van der Waals surface area contributed by atoms with Gasteiger partial charge in [-0.1, -0.05) is 38.1 Å². The van der Waals surface area contributed by atoms with Crippen molar-refractivity contribution in [3.05, 3.63) is 35.4 Å². The highest BCUT2D eigenvalue weighted by Gasteiger charge is 2.27. The van der Waals surface area contributed by atoms with Crippen LogP contribution >= 0.6 is 0 Å². The van der Waals surface area contributed by atoms with Crippen molar-refractivity contribution in [1.29, 1.82) is 0 Å². The van der Waals surface area contributed by atoms with Crippen LogP contribution in [0.2, 0.25) is 0 Å². The Morgan fingerprint density at radius 3 is 2.68 bits per heavy atom. The van der Waals surface area contributed by atoms with E-state index in [0.717, 1.165) is 32.7 Å². The van der Waals surface area contributed by atoms with E-state index >= 15 is 0 Å². The first-order valence-corrected chi connectivity index (χ1v) is 7.35. The summed E-state index contributed by atoms with van der Waals surface area (Å²) in [4.78, 5) is 4.97. The van der Waals surface area contributed by atoms with E-state index in [9.17, 15) is 0 Å². The van der Waals surface area contributed by atoms with E-state index < -0.39 is 0 Å². The molecule has 0 bridgehead atoms. The fourth-order valence-corrected chi connectivity index (χ4v) is 2.99. The van der Waals surface area contributed by atoms with Gasteiger partial charge in [-0.25, -0.2) is 0 Å². The van der Waals surface area contributed by atoms with Crippen LogP contribution in [0.5, 0.6) is 0 Å². The first-order chi connectivity index (χ1) is 9.13. The smallest absolute Gasteiger partial charge is 0.0475 e. The van der Waals surface area contributed by atoms with Crippen molar-refractivity contribution in [3.8, 4) is 0 Å². The van der Waals surface area contributed by atoms with Gasteiger partial charge in [0.2, 0.25) is 0 Å². The lowest BCUT2D eigenvalue weighted by Gasteiger charge is -2.40. The number of hydrogen-bond donors (Lipinski definition) is 1. The standard InChI is InChI=1S/C16H27N3/c1-13(2)14-6-4-5-7-15(14)16-12-19(9-8-17)11-10-18(16)3/h4-7,13,16H,8-12,17H2,1-3H3. The molecule has 2 N–H and O–H groups in total. The lowest BCUT2D eigenvalue weighted by molar-refractivity contribution is 0.0973. The third kappa shape index (κ3) is 3.35. The van der Waals surface area contributed by atoms with Gasteiger partial charge in [0.1, 0.15) is 0 Å². The highest BCUT2D eigenvalue weighted by Crippen LogP contribution is 2.30. The molecule has 0 saturated carbocycles. The number of piperazine rings is 1. The monoisotopic (exact) mass is 261 g/mol. The second-order valence-corrected chi connectivity index (χ2v) is 5.87. The molecule has 1 atom stereocenters. The van der Waals surface area contributed by atoms with Crippen molar-refractivity contribution >= 4 is 0 Å². The quantitative estimate of drug-likeness (QED) is 0.900. The average molecular weight is 261 g/mol. The zero-order valence-corrected chi connectivity index (χ0v) is 12.5. The molecule has 0 aromatic heterocycles. The fourth-order valence-electron chi connectivity index (χ4n) is 2.99. The normalized spacial score (nSPS) is 22.1. The van der Waals surface area contributed by atoms with Gasteiger partial charge in [0.05, 0.1) is 0 Å². The number of likely N-dealkylation sites (N-methyl/N-ethyl adjacent to an activating group) is 1. The van der Waals surface area contributed by atoms with Gasteiger partial charge >= 0.3 is 0 Å². The molecular formula is C16H27N3. The molecule has 1 aromatic carbocycles. The summed E-state index contributed by atoms with van der Waals surface area (Å²) < 4.78 is 0. The molecule has 1 fully saturated rings. The summed E-state index contributed by atoms with van der Waals surface area (Å²) in [5.74, 6) is 0.578. The van der Waals surface area contributed by atoms with Crippen LogP contribution in [0.15, 0.2) is 24.3 Å². The Morgan fingerprint density at radius 1 is 1.26 bits per heavy atom. The Hall–Kier alpha value is -0.900. The SMILES string of the molecule is CC(C)c1ccccc1C1CN(CCN)CCN1C. The minimum absolute atomic E-state index is 0.499. The molecule has 1 heterocycles. The summed E-state index contributed by atoms with van der Waals surface area (Å²) in [6.07, 6.45) is 0. The second kappa shape index (κ2) is 6.51. The van der Waals surface area contributed by atoms with Crippen molar-refractivity contribution in [2.75, 3.05) is 39.8 Å². The molecule has 0 radical (unpaired) electrons. The van der Waals surface area contributed by atoms with Crippen molar-refractivity contribution in [2.45, 2.75) is 25.8 Å². The summed E-state index contributed by atoms with van der Waals surface area (Å²) in [5, 5.41) is 0. The lowest BCUT2D eigenvalue weighted by Crippen LogP contribution is -2.48. The summed E-state index contributed by atoms with van der Waals surface area (Å²) in [6.45, 7) is 9.66. The lowest BCUT2D eigenvalue weighted by atomic mass is 9.91. The number of hydrogen-bond acceptors (Lipinski definition) is 3. The predicted octanol–water partition coefficient (Wildman–Crippen LogP) is 2.06. The minimum atomic E-state index is 0.499. The van der Waals surface area contributed by atoms with Gasteiger partial charge in [0.25, 0.3) is 0 Å². The third-order valence-corrected chi connectivity index (χ3v) is 4.15. The van der Waals surface area contributed by atoms with Gasteiger partial charge in [-0.3, -0.25) is 9.80 Å². The molecule has 19 heavy (non-hydrogen) atoms. The van der Waals surface area contributed by atoms with E-state index in [4.69, 9.17) is 5.73 Å². The Morgan fingerprint density at radius 2 is 2.00 bits per heavy atom. The predicted molar refractivity (Wildman–Crippen MR) is 81.4 cm³/mol. The van der Waals surface area contributed by atoms with Crippen LogP contribution < -0.4 is 5.73 Å². The van der Waals surface area contributed by atoms with E-state index in [1.54, 1.807) is 0 Å². The van der Waals surface area contributed by atoms with Crippen LogP contribution in [0.4, 0.5) is 0 Å². The van der Waals surface area contributed by atoms with E-state index in [1.165, 1.54) is 11.1 Å². The summed E-state index contributed by atoms with van der Waals surface area (Å²) in [7, 11) is 2.24. The van der Waals surface area contributed by atoms with Gasteiger partial charge in [-0.2, -0.15) is 0 Å². The highest BCUT2D eigenvalue weighted by atomic mass is 15.3. The number of benzene rings is 1. The maximum Gasteiger partial charge on any atom is 0.0475 e. The molecule has 106 valence electrons. The Labute approximate surface area is 117 Å². The Kier molecular flexibility index (Phi) is 4.97. The van der Waals surface area contributed by atoms with Gasteiger partial charge in [-0.05, 0) is 24.1 Å². The van der Waals surface area contributed by atoms with Crippen LogP contribution in [-0.2, 0) is 0 Å². The topological polar surface area (TPSA) is 32.5 Å². The van der Waals surface area contributed by atoms with Crippen LogP contribution in [0.3, 0.4) is 0 Å². The molecular weight excluding hydrogens is 234 g/mol. The van der Waals surface area contributed by atoms with E-state index in [1.807, 2.05) is 0 Å². The minimum Gasteiger partial charge on any atom is -0.329 e. The molecule has 0 amide bonds. The zero-order valence-electron chi connectivity index (χ0n) is 12.5. The maximum absolute atomic E-state index is 5.70. The van der Waals surface area contributed by atoms with Crippen molar-refractivity contribution in [1.82, 2.24) is 9.80 Å². The van der Waals surface area contributed by atoms with E-state index in [0.29, 0.717) is 12.0 Å². The van der Waals surface area contributed by atoms with E-state index in [-0.39, 0.29) is 0 Å². The van der Waals surface area contributed by atoms with Crippen molar-refractivity contribution < 1.29 is 0 Å². The molecule has 1 aliphatic heterocycles. The van der Waals surface area contributed by atoms with Gasteiger partial charge in [0.15, 0.2) is 0 Å². The largest absolute Gasteiger partial charge is 0.329 e. The maximum atomic E-state index is 5.70.